The highest BCUT2D eigenvalue weighted by Gasteiger charge is 2.23. The van der Waals surface area contributed by atoms with E-state index in [0.717, 1.165) is 42.6 Å². The SMILES string of the molecule is COC(=O)c1[nH]c2ccccc2c1NC(=O)CN1CCN(Cc2ccc([N+](=O)[O-])cc2)CC1. The number of hydrogen-bond donors (Lipinski definition) is 2. The van der Waals surface area contributed by atoms with Gasteiger partial charge in [0.15, 0.2) is 0 Å². The molecule has 1 aromatic heterocycles. The Balaban J connectivity index is 1.33. The molecule has 1 aliphatic heterocycles. The number of amides is 1. The number of esters is 1. The highest BCUT2D eigenvalue weighted by atomic mass is 16.6. The van der Waals surface area contributed by atoms with E-state index in [2.05, 4.69) is 20.1 Å². The van der Waals surface area contributed by atoms with Crippen molar-refractivity contribution in [2.24, 2.45) is 0 Å². The molecule has 10 heteroatoms. The summed E-state index contributed by atoms with van der Waals surface area (Å²) in [7, 11) is 1.30. The molecule has 172 valence electrons. The highest BCUT2D eigenvalue weighted by Crippen LogP contribution is 2.28. The molecule has 1 fully saturated rings. The number of anilines is 1. The lowest BCUT2D eigenvalue weighted by atomic mass is 10.2. The van der Waals surface area contributed by atoms with Crippen LogP contribution in [-0.4, -0.2) is 71.4 Å². The summed E-state index contributed by atoms with van der Waals surface area (Å²) in [5.41, 5.74) is 2.49. The molecule has 10 nitrogen and oxygen atoms in total. The lowest BCUT2D eigenvalue weighted by Crippen LogP contribution is -2.48. The predicted octanol–water partition coefficient (Wildman–Crippen LogP) is 2.62. The molecule has 4 rings (SSSR count). The standard InChI is InChI=1S/C23H25N5O5/c1-33-23(30)22-21(18-4-2-3-5-19(18)24-22)25-20(29)15-27-12-10-26(11-13-27)14-16-6-8-17(9-7-16)28(31)32/h2-9,24H,10-15H2,1H3,(H,25,29). The van der Waals surface area contributed by atoms with Crippen LogP contribution in [0.4, 0.5) is 11.4 Å². The van der Waals surface area contributed by atoms with Crippen molar-refractivity contribution < 1.29 is 19.2 Å². The summed E-state index contributed by atoms with van der Waals surface area (Å²) >= 11 is 0. The normalized spacial score (nSPS) is 14.8. The first-order chi connectivity index (χ1) is 15.9. The summed E-state index contributed by atoms with van der Waals surface area (Å²) in [5, 5.41) is 14.4. The van der Waals surface area contributed by atoms with Crippen LogP contribution in [0.3, 0.4) is 0 Å². The van der Waals surface area contributed by atoms with Crippen LogP contribution in [0.5, 0.6) is 0 Å². The predicted molar refractivity (Wildman–Crippen MR) is 123 cm³/mol. The summed E-state index contributed by atoms with van der Waals surface area (Å²) < 4.78 is 4.85. The van der Waals surface area contributed by atoms with Gasteiger partial charge in [-0.1, -0.05) is 30.3 Å². The van der Waals surface area contributed by atoms with Crippen LogP contribution in [0.2, 0.25) is 0 Å². The van der Waals surface area contributed by atoms with Gasteiger partial charge in [-0.05, 0) is 11.6 Å². The molecule has 1 aliphatic rings. The summed E-state index contributed by atoms with van der Waals surface area (Å²) in [6.45, 7) is 3.92. The smallest absolute Gasteiger partial charge is 0.356 e. The zero-order valence-corrected chi connectivity index (χ0v) is 18.2. The van der Waals surface area contributed by atoms with Crippen molar-refractivity contribution in [3.63, 3.8) is 0 Å². The van der Waals surface area contributed by atoms with Crippen LogP contribution in [-0.2, 0) is 16.1 Å². The number of H-pyrrole nitrogens is 1. The number of nitrogens with zero attached hydrogens (tertiary/aromatic N) is 3. The van der Waals surface area contributed by atoms with E-state index < -0.39 is 10.9 Å². The molecule has 33 heavy (non-hydrogen) atoms. The highest BCUT2D eigenvalue weighted by molar-refractivity contribution is 6.11. The minimum Gasteiger partial charge on any atom is -0.464 e. The Hall–Kier alpha value is -3.76. The van der Waals surface area contributed by atoms with Gasteiger partial charge in [-0.3, -0.25) is 24.7 Å². The van der Waals surface area contributed by atoms with Crippen LogP contribution in [0.1, 0.15) is 16.1 Å². The van der Waals surface area contributed by atoms with E-state index in [1.165, 1.54) is 19.2 Å². The molecule has 3 aromatic rings. The molecule has 0 saturated carbocycles. The summed E-state index contributed by atoms with van der Waals surface area (Å²) in [4.78, 5) is 42.6. The topological polar surface area (TPSA) is 121 Å². The number of nitrogens with one attached hydrogen (secondary N) is 2. The zero-order chi connectivity index (χ0) is 23.4. The van der Waals surface area contributed by atoms with Gasteiger partial charge in [0.1, 0.15) is 5.69 Å². The van der Waals surface area contributed by atoms with Crippen molar-refractivity contribution in [1.29, 1.82) is 0 Å². The molecule has 1 amide bonds. The van der Waals surface area contributed by atoms with Crippen LogP contribution in [0.15, 0.2) is 48.5 Å². The maximum Gasteiger partial charge on any atom is 0.356 e. The Kier molecular flexibility index (Phi) is 6.66. The molecule has 0 bridgehead atoms. The van der Waals surface area contributed by atoms with Crippen LogP contribution < -0.4 is 5.32 Å². The second kappa shape index (κ2) is 9.80. The fourth-order valence-corrected chi connectivity index (χ4v) is 4.00. The average molecular weight is 451 g/mol. The molecule has 2 aromatic carbocycles. The van der Waals surface area contributed by atoms with Gasteiger partial charge in [-0.2, -0.15) is 0 Å². The maximum atomic E-state index is 12.8. The van der Waals surface area contributed by atoms with E-state index in [9.17, 15) is 19.7 Å². The van der Waals surface area contributed by atoms with Gasteiger partial charge < -0.3 is 15.0 Å². The number of carbonyl (C=O) groups is 2. The first kappa shape index (κ1) is 22.4. The quantitative estimate of drug-likeness (QED) is 0.322. The van der Waals surface area contributed by atoms with Gasteiger partial charge >= 0.3 is 5.97 Å². The van der Waals surface area contributed by atoms with Crippen molar-refractivity contribution >= 4 is 34.2 Å². The zero-order valence-electron chi connectivity index (χ0n) is 18.2. The van der Waals surface area contributed by atoms with E-state index in [4.69, 9.17) is 4.74 Å². The Morgan fingerprint density at radius 2 is 1.73 bits per heavy atom. The van der Waals surface area contributed by atoms with Crippen molar-refractivity contribution in [2.75, 3.05) is 45.2 Å². The maximum absolute atomic E-state index is 12.8. The molecular formula is C23H25N5O5. The largest absolute Gasteiger partial charge is 0.464 e. The fraction of sp³-hybridized carbons (Fsp3) is 0.304. The van der Waals surface area contributed by atoms with E-state index in [1.54, 1.807) is 12.1 Å². The Labute approximate surface area is 190 Å². The number of piperazine rings is 1. The van der Waals surface area contributed by atoms with E-state index in [0.29, 0.717) is 12.2 Å². The number of rotatable bonds is 7. The van der Waals surface area contributed by atoms with Gasteiger partial charge in [0.25, 0.3) is 5.69 Å². The molecule has 1 saturated heterocycles. The number of benzene rings is 2. The average Bonchev–Trinajstić information content (AvgIpc) is 3.18. The first-order valence-electron chi connectivity index (χ1n) is 10.6. The minimum absolute atomic E-state index is 0.0835. The number of hydrogen-bond acceptors (Lipinski definition) is 7. The number of methoxy groups -OCH3 is 1. The number of carbonyl (C=O) groups excluding carboxylic acids is 2. The molecule has 2 heterocycles. The first-order valence-corrected chi connectivity index (χ1v) is 10.6. The summed E-state index contributed by atoms with van der Waals surface area (Å²) in [6.07, 6.45) is 0. The van der Waals surface area contributed by atoms with Crippen LogP contribution in [0, 0.1) is 10.1 Å². The van der Waals surface area contributed by atoms with Crippen molar-refractivity contribution in [1.82, 2.24) is 14.8 Å². The number of aromatic nitrogens is 1. The van der Waals surface area contributed by atoms with Crippen molar-refractivity contribution in [3.8, 4) is 0 Å². The third-order valence-corrected chi connectivity index (χ3v) is 5.75. The van der Waals surface area contributed by atoms with Crippen LogP contribution >= 0.6 is 0 Å². The number of fused-ring (bicyclic) bond motifs is 1. The van der Waals surface area contributed by atoms with Gasteiger partial charge in [0, 0.05) is 55.8 Å². The van der Waals surface area contributed by atoms with Gasteiger partial charge in [0.2, 0.25) is 5.91 Å². The second-order valence-electron chi connectivity index (χ2n) is 7.94. The van der Waals surface area contributed by atoms with Crippen molar-refractivity contribution in [3.05, 3.63) is 69.9 Å². The van der Waals surface area contributed by atoms with E-state index in [-0.39, 0.29) is 23.8 Å². The third-order valence-electron chi connectivity index (χ3n) is 5.75. The number of ether oxygens (including phenoxy) is 1. The fourth-order valence-electron chi connectivity index (χ4n) is 4.00. The second-order valence-corrected chi connectivity index (χ2v) is 7.94. The van der Waals surface area contributed by atoms with Crippen LogP contribution in [0.25, 0.3) is 10.9 Å². The Bertz CT molecular complexity index is 1170. The van der Waals surface area contributed by atoms with Gasteiger partial charge in [0.05, 0.1) is 24.3 Å². The van der Waals surface area contributed by atoms with Crippen molar-refractivity contribution in [2.45, 2.75) is 6.54 Å². The molecule has 0 atom stereocenters. The van der Waals surface area contributed by atoms with E-state index >= 15 is 0 Å². The lowest BCUT2D eigenvalue weighted by Gasteiger charge is -2.34. The summed E-state index contributed by atoms with van der Waals surface area (Å²) in [6, 6.07) is 14.0. The molecular weight excluding hydrogens is 426 g/mol. The third kappa shape index (κ3) is 5.18. The number of non-ortho nitro benzene ring substituents is 1. The molecule has 0 aliphatic carbocycles. The molecule has 2 N–H and O–H groups in total. The summed E-state index contributed by atoms with van der Waals surface area (Å²) in [5.74, 6) is -0.741. The molecule has 0 radical (unpaired) electrons. The van der Waals surface area contributed by atoms with Gasteiger partial charge in [-0.25, -0.2) is 4.79 Å². The number of para-hydroxylation sites is 1. The van der Waals surface area contributed by atoms with Gasteiger partial charge in [-0.15, -0.1) is 0 Å². The number of nitro groups is 1. The monoisotopic (exact) mass is 451 g/mol. The lowest BCUT2D eigenvalue weighted by molar-refractivity contribution is -0.384. The molecule has 0 unspecified atom stereocenters. The number of aromatic amines is 1. The Morgan fingerprint density at radius 1 is 1.06 bits per heavy atom. The minimum atomic E-state index is -0.540. The number of nitro benzene ring substituents is 1. The molecule has 0 spiro atoms. The van der Waals surface area contributed by atoms with E-state index in [1.807, 2.05) is 24.3 Å². The Morgan fingerprint density at radius 3 is 2.39 bits per heavy atom.